The minimum absolute atomic E-state index is 0.343. The van der Waals surface area contributed by atoms with Crippen LogP contribution in [0.4, 0.5) is 0 Å². The Bertz CT molecular complexity index is 86.5. The molecule has 0 aromatic rings. The van der Waals surface area contributed by atoms with Gasteiger partial charge in [-0.25, -0.2) is 0 Å². The summed E-state index contributed by atoms with van der Waals surface area (Å²) in [5, 5.41) is 0.343. The molecule has 0 saturated heterocycles. The lowest BCUT2D eigenvalue weighted by Crippen LogP contribution is -2.30. The second kappa shape index (κ2) is 1.97. The van der Waals surface area contributed by atoms with E-state index in [4.69, 9.17) is 0 Å². The Kier molecular flexibility index (Phi) is 1.60. The molecule has 48 valence electrons. The van der Waals surface area contributed by atoms with Crippen molar-refractivity contribution in [2.75, 3.05) is 6.66 Å². The molecule has 0 aromatic heterocycles. The van der Waals surface area contributed by atoms with Crippen LogP contribution in [0.25, 0.3) is 0 Å². The summed E-state index contributed by atoms with van der Waals surface area (Å²) in [5.41, 5.74) is 0. The zero-order valence-corrected chi connectivity index (χ0v) is 6.41. The van der Waals surface area contributed by atoms with Crippen LogP contribution in [0.1, 0.15) is 26.2 Å². The highest BCUT2D eigenvalue weighted by Crippen LogP contribution is 2.54. The van der Waals surface area contributed by atoms with Gasteiger partial charge in [0.05, 0.1) is 0 Å². The van der Waals surface area contributed by atoms with Crippen molar-refractivity contribution in [3.05, 3.63) is 0 Å². The summed E-state index contributed by atoms with van der Waals surface area (Å²) in [6.45, 7) is 4.14. The quantitative estimate of drug-likeness (QED) is 0.540. The average molecular weight is 132 g/mol. The van der Waals surface area contributed by atoms with E-state index in [1.54, 1.807) is 0 Å². The molecule has 0 amide bonds. The largest absolute Gasteiger partial charge is 0.374 e. The second-order valence-corrected chi connectivity index (χ2v) is 5.00. The van der Waals surface area contributed by atoms with E-state index in [-0.39, 0.29) is 0 Å². The smallest absolute Gasteiger partial charge is 0.0280 e. The van der Waals surface area contributed by atoms with Crippen LogP contribution in [0.2, 0.25) is 0 Å². The molecule has 1 fully saturated rings. The molecule has 0 bridgehead atoms. The van der Waals surface area contributed by atoms with E-state index in [0.29, 0.717) is 5.16 Å². The van der Waals surface area contributed by atoms with E-state index in [1.807, 2.05) is 6.66 Å². The molecular formula is C6H13OP. The Morgan fingerprint density at radius 3 is 2.00 bits per heavy atom. The van der Waals surface area contributed by atoms with Gasteiger partial charge in [-0.1, -0.05) is 13.3 Å². The van der Waals surface area contributed by atoms with Crippen molar-refractivity contribution >= 4 is 8.15 Å². The lowest BCUT2D eigenvalue weighted by molar-refractivity contribution is 0.361. The maximum absolute atomic E-state index is 9.20. The molecule has 0 aliphatic heterocycles. The summed E-state index contributed by atoms with van der Waals surface area (Å²) in [4.78, 5) is 9.20. The van der Waals surface area contributed by atoms with Gasteiger partial charge in [-0.15, -0.1) is 0 Å². The zero-order chi connectivity index (χ0) is 6.20. The predicted octanol–water partition coefficient (Wildman–Crippen LogP) is 1.95. The molecule has 1 aliphatic carbocycles. The van der Waals surface area contributed by atoms with E-state index in [1.165, 1.54) is 19.3 Å². The van der Waals surface area contributed by atoms with Crippen LogP contribution in [0.15, 0.2) is 0 Å². The van der Waals surface area contributed by atoms with Gasteiger partial charge < -0.3 is 4.89 Å². The van der Waals surface area contributed by atoms with Crippen LogP contribution in [0.5, 0.6) is 0 Å². The first-order valence-electron chi connectivity index (χ1n) is 3.08. The Morgan fingerprint density at radius 1 is 1.50 bits per heavy atom. The molecule has 8 heavy (non-hydrogen) atoms. The van der Waals surface area contributed by atoms with E-state index in [2.05, 4.69) is 6.92 Å². The summed E-state index contributed by atoms with van der Waals surface area (Å²) in [7, 11) is -0.657. The average Bonchev–Trinajstić information content (AvgIpc) is 1.60. The first kappa shape index (κ1) is 6.51. The summed E-state index contributed by atoms with van der Waals surface area (Å²) < 4.78 is 0. The summed E-state index contributed by atoms with van der Waals surface area (Å²) in [6.07, 6.45) is 3.81. The molecule has 0 radical (unpaired) electrons. The van der Waals surface area contributed by atoms with Crippen LogP contribution < -0.4 is 0 Å². The Hall–Kier alpha value is 0.390. The lowest BCUT2D eigenvalue weighted by atomic mass is 9.86. The van der Waals surface area contributed by atoms with Crippen molar-refractivity contribution in [3.8, 4) is 0 Å². The monoisotopic (exact) mass is 132 g/mol. The SMILES string of the molecule is CP(O)C1(C)CCC1. The second-order valence-electron chi connectivity index (χ2n) is 2.87. The fourth-order valence-corrected chi connectivity index (χ4v) is 1.98. The molecule has 2 heteroatoms. The van der Waals surface area contributed by atoms with Crippen LogP contribution >= 0.6 is 8.15 Å². The van der Waals surface area contributed by atoms with E-state index in [0.717, 1.165) is 0 Å². The molecule has 1 aliphatic rings. The first-order chi connectivity index (χ1) is 3.65. The zero-order valence-electron chi connectivity index (χ0n) is 5.52. The Morgan fingerprint density at radius 2 is 2.00 bits per heavy atom. The highest BCUT2D eigenvalue weighted by molar-refractivity contribution is 7.52. The Labute approximate surface area is 51.9 Å². The van der Waals surface area contributed by atoms with Crippen LogP contribution in [0.3, 0.4) is 0 Å². The third-order valence-electron chi connectivity index (χ3n) is 2.21. The molecule has 1 rings (SSSR count). The van der Waals surface area contributed by atoms with Crippen molar-refractivity contribution < 1.29 is 4.89 Å². The van der Waals surface area contributed by atoms with Gasteiger partial charge in [0.2, 0.25) is 0 Å². The van der Waals surface area contributed by atoms with Crippen molar-refractivity contribution in [2.45, 2.75) is 31.3 Å². The molecule has 0 spiro atoms. The minimum atomic E-state index is -0.657. The van der Waals surface area contributed by atoms with Gasteiger partial charge in [-0.05, 0) is 19.5 Å². The first-order valence-corrected chi connectivity index (χ1v) is 4.82. The molecule has 0 aromatic carbocycles. The van der Waals surface area contributed by atoms with Gasteiger partial charge in [-0.3, -0.25) is 0 Å². The summed E-state index contributed by atoms with van der Waals surface area (Å²) >= 11 is 0. The number of rotatable bonds is 1. The summed E-state index contributed by atoms with van der Waals surface area (Å²) in [6, 6.07) is 0. The third-order valence-corrected chi connectivity index (χ3v) is 4.22. The Balaban J connectivity index is 2.41. The van der Waals surface area contributed by atoms with Crippen LogP contribution in [0, 0.1) is 0 Å². The third kappa shape index (κ3) is 0.897. The molecule has 0 heterocycles. The molecular weight excluding hydrogens is 119 g/mol. The maximum atomic E-state index is 9.20. The number of hydrogen-bond acceptors (Lipinski definition) is 1. The summed E-state index contributed by atoms with van der Waals surface area (Å²) in [5.74, 6) is 0. The van der Waals surface area contributed by atoms with Gasteiger partial charge in [0.1, 0.15) is 0 Å². The van der Waals surface area contributed by atoms with Crippen molar-refractivity contribution in [2.24, 2.45) is 0 Å². The van der Waals surface area contributed by atoms with Crippen molar-refractivity contribution in [1.82, 2.24) is 0 Å². The highest BCUT2D eigenvalue weighted by Gasteiger charge is 2.36. The van der Waals surface area contributed by atoms with Crippen molar-refractivity contribution in [1.29, 1.82) is 0 Å². The molecule has 1 N–H and O–H groups in total. The predicted molar refractivity (Wildman–Crippen MR) is 37.3 cm³/mol. The fourth-order valence-electron chi connectivity index (χ4n) is 1.01. The van der Waals surface area contributed by atoms with E-state index >= 15 is 0 Å². The van der Waals surface area contributed by atoms with E-state index < -0.39 is 8.15 Å². The molecule has 1 unspecified atom stereocenters. The normalized spacial score (nSPS) is 28.9. The van der Waals surface area contributed by atoms with Gasteiger partial charge in [-0.2, -0.15) is 0 Å². The topological polar surface area (TPSA) is 20.2 Å². The van der Waals surface area contributed by atoms with Gasteiger partial charge in [0.25, 0.3) is 0 Å². The van der Waals surface area contributed by atoms with Gasteiger partial charge in [0.15, 0.2) is 0 Å². The standard InChI is InChI=1S/C6H13OP/c1-6(8(2)7)4-3-5-6/h7H,3-5H2,1-2H3. The molecule has 1 saturated carbocycles. The van der Waals surface area contributed by atoms with E-state index in [9.17, 15) is 4.89 Å². The van der Waals surface area contributed by atoms with Crippen molar-refractivity contribution in [3.63, 3.8) is 0 Å². The number of hydrogen-bond donors (Lipinski definition) is 1. The van der Waals surface area contributed by atoms with Crippen LogP contribution in [-0.4, -0.2) is 16.7 Å². The molecule has 1 nitrogen and oxygen atoms in total. The van der Waals surface area contributed by atoms with Gasteiger partial charge >= 0.3 is 0 Å². The van der Waals surface area contributed by atoms with Crippen LogP contribution in [-0.2, 0) is 0 Å². The fraction of sp³-hybridized carbons (Fsp3) is 1.00. The lowest BCUT2D eigenvalue weighted by Gasteiger charge is -2.40. The van der Waals surface area contributed by atoms with Gasteiger partial charge in [0, 0.05) is 13.3 Å². The highest BCUT2D eigenvalue weighted by atomic mass is 31.1. The minimum Gasteiger partial charge on any atom is -0.374 e. The molecule has 1 atom stereocenters. The maximum Gasteiger partial charge on any atom is 0.0280 e.